The van der Waals surface area contributed by atoms with Gasteiger partial charge in [-0.25, -0.2) is 17.9 Å². The van der Waals surface area contributed by atoms with Gasteiger partial charge < -0.3 is 9.47 Å². The van der Waals surface area contributed by atoms with Crippen LogP contribution in [0.1, 0.15) is 28.8 Å². The van der Waals surface area contributed by atoms with Crippen LogP contribution in [0.2, 0.25) is 0 Å². The molecule has 4 rings (SSSR count). The Hall–Kier alpha value is -3.39. The van der Waals surface area contributed by atoms with Crippen molar-refractivity contribution in [3.8, 4) is 5.75 Å². The highest BCUT2D eigenvalue weighted by molar-refractivity contribution is 7.90. The van der Waals surface area contributed by atoms with Gasteiger partial charge in [-0.3, -0.25) is 4.79 Å². The van der Waals surface area contributed by atoms with E-state index in [0.717, 1.165) is 5.39 Å². The van der Waals surface area contributed by atoms with Crippen molar-refractivity contribution in [2.45, 2.75) is 23.2 Å². The summed E-state index contributed by atoms with van der Waals surface area (Å²) in [6, 6.07) is 16.6. The third kappa shape index (κ3) is 3.63. The Bertz CT molecular complexity index is 1290. The number of sulfonamides is 1. The molecule has 31 heavy (non-hydrogen) atoms. The summed E-state index contributed by atoms with van der Waals surface area (Å²) in [4.78, 5) is 25.2. The molecule has 160 valence electrons. The van der Waals surface area contributed by atoms with E-state index in [1.54, 1.807) is 24.3 Å². The molecule has 0 radical (unpaired) electrons. The van der Waals surface area contributed by atoms with Gasteiger partial charge in [0.2, 0.25) is 5.91 Å². The van der Waals surface area contributed by atoms with Crippen LogP contribution < -0.4 is 9.46 Å². The lowest BCUT2D eigenvalue weighted by molar-refractivity contribution is -0.121. The van der Waals surface area contributed by atoms with Crippen molar-refractivity contribution in [3.05, 3.63) is 71.8 Å². The van der Waals surface area contributed by atoms with Crippen LogP contribution in [0.25, 0.3) is 10.8 Å². The summed E-state index contributed by atoms with van der Waals surface area (Å²) in [7, 11) is -1.40. The zero-order chi connectivity index (χ0) is 22.2. The topological polar surface area (TPSA) is 98.8 Å². The molecule has 0 spiro atoms. The minimum Gasteiger partial charge on any atom is -0.496 e. The molecule has 1 N–H and O–H groups in total. The normalized spacial score (nSPS) is 14.6. The zero-order valence-corrected chi connectivity index (χ0v) is 17.9. The van der Waals surface area contributed by atoms with Gasteiger partial charge in [-0.15, -0.1) is 0 Å². The first kappa shape index (κ1) is 20.9. The maximum Gasteiger partial charge on any atom is 0.337 e. The molecule has 1 saturated carbocycles. The number of methoxy groups -OCH3 is 2. The number of ether oxygens (including phenoxy) is 2. The maximum atomic E-state index is 13.2. The summed E-state index contributed by atoms with van der Waals surface area (Å²) in [5.41, 5.74) is -0.370. The van der Waals surface area contributed by atoms with Crippen molar-refractivity contribution in [3.63, 3.8) is 0 Å². The molecular weight excluding hydrogens is 418 g/mol. The van der Waals surface area contributed by atoms with Crippen molar-refractivity contribution in [1.29, 1.82) is 0 Å². The van der Waals surface area contributed by atoms with E-state index in [0.29, 0.717) is 29.5 Å². The summed E-state index contributed by atoms with van der Waals surface area (Å²) in [5.74, 6) is -0.799. The standard InChI is InChI=1S/C23H21NO6S/c1-29-19-11-10-16(21(25)30-2)14-18(19)23(12-13-23)22(26)24-31(27,28)20-9-5-7-15-6-3-4-8-17(15)20/h3-11,14H,12-13H2,1-2H3,(H,24,26). The van der Waals surface area contributed by atoms with Gasteiger partial charge in [0.05, 0.1) is 30.1 Å². The van der Waals surface area contributed by atoms with E-state index < -0.39 is 27.3 Å². The number of carbonyl (C=O) groups excluding carboxylic acids is 2. The number of fused-ring (bicyclic) bond motifs is 1. The fraction of sp³-hybridized carbons (Fsp3) is 0.217. The fourth-order valence-electron chi connectivity index (χ4n) is 3.78. The van der Waals surface area contributed by atoms with E-state index in [1.165, 1.54) is 32.4 Å². The van der Waals surface area contributed by atoms with Crippen molar-refractivity contribution in [2.75, 3.05) is 14.2 Å². The summed E-state index contributed by atoms with van der Waals surface area (Å²) in [6.07, 6.45) is 0.871. The smallest absolute Gasteiger partial charge is 0.337 e. The first-order valence-corrected chi connectivity index (χ1v) is 11.1. The number of esters is 1. The van der Waals surface area contributed by atoms with Crippen LogP contribution in [0.4, 0.5) is 0 Å². The average molecular weight is 439 g/mol. The molecule has 0 bridgehead atoms. The van der Waals surface area contributed by atoms with Gasteiger partial charge in [0, 0.05) is 10.9 Å². The van der Waals surface area contributed by atoms with E-state index in [9.17, 15) is 18.0 Å². The van der Waals surface area contributed by atoms with Crippen LogP contribution in [0.15, 0.2) is 65.6 Å². The highest BCUT2D eigenvalue weighted by Gasteiger charge is 2.54. The molecule has 1 aliphatic carbocycles. The molecule has 0 atom stereocenters. The molecule has 8 heteroatoms. The molecule has 1 fully saturated rings. The van der Waals surface area contributed by atoms with Gasteiger partial charge in [-0.1, -0.05) is 36.4 Å². The lowest BCUT2D eigenvalue weighted by Crippen LogP contribution is -2.39. The van der Waals surface area contributed by atoms with Crippen LogP contribution in [0, 0.1) is 0 Å². The van der Waals surface area contributed by atoms with Crippen molar-refractivity contribution in [2.24, 2.45) is 0 Å². The zero-order valence-electron chi connectivity index (χ0n) is 17.0. The van der Waals surface area contributed by atoms with Crippen molar-refractivity contribution in [1.82, 2.24) is 4.72 Å². The van der Waals surface area contributed by atoms with E-state index in [-0.39, 0.29) is 10.5 Å². The third-order valence-corrected chi connectivity index (χ3v) is 6.98. The maximum absolute atomic E-state index is 13.2. The number of amides is 1. The monoisotopic (exact) mass is 439 g/mol. The predicted octanol–water partition coefficient (Wildman–Crippen LogP) is 3.17. The van der Waals surface area contributed by atoms with Crippen LogP contribution in [-0.4, -0.2) is 34.5 Å². The highest BCUT2D eigenvalue weighted by atomic mass is 32.2. The second-order valence-corrected chi connectivity index (χ2v) is 9.05. The Labute approximate surface area is 180 Å². The molecule has 0 aromatic heterocycles. The van der Waals surface area contributed by atoms with Gasteiger partial charge >= 0.3 is 5.97 Å². The Balaban J connectivity index is 1.71. The van der Waals surface area contributed by atoms with Gasteiger partial charge in [0.25, 0.3) is 10.0 Å². The number of nitrogens with one attached hydrogen (secondary N) is 1. The third-order valence-electron chi connectivity index (χ3n) is 5.59. The SMILES string of the molecule is COC(=O)c1ccc(OC)c(C2(C(=O)NS(=O)(=O)c3cccc4ccccc34)CC2)c1. The fourth-order valence-corrected chi connectivity index (χ4v) is 5.06. The number of rotatable bonds is 6. The van der Waals surface area contributed by atoms with E-state index in [4.69, 9.17) is 9.47 Å². The molecule has 0 aliphatic heterocycles. The number of hydrogen-bond donors (Lipinski definition) is 1. The number of carbonyl (C=O) groups is 2. The van der Waals surface area contributed by atoms with Gasteiger partial charge in [-0.05, 0) is 42.5 Å². The summed E-state index contributed by atoms with van der Waals surface area (Å²) in [6.45, 7) is 0. The van der Waals surface area contributed by atoms with Crippen LogP contribution in [0.5, 0.6) is 5.75 Å². The minimum absolute atomic E-state index is 0.0324. The quantitative estimate of drug-likeness (QED) is 0.593. The summed E-state index contributed by atoms with van der Waals surface area (Å²) in [5, 5.41) is 1.28. The van der Waals surface area contributed by atoms with Crippen LogP contribution in [0.3, 0.4) is 0 Å². The average Bonchev–Trinajstić information content (AvgIpc) is 3.59. The van der Waals surface area contributed by atoms with E-state index >= 15 is 0 Å². The second-order valence-electron chi connectivity index (χ2n) is 7.40. The molecule has 3 aromatic carbocycles. The van der Waals surface area contributed by atoms with Crippen molar-refractivity contribution < 1.29 is 27.5 Å². The first-order valence-electron chi connectivity index (χ1n) is 9.64. The predicted molar refractivity (Wildman–Crippen MR) is 115 cm³/mol. The summed E-state index contributed by atoms with van der Waals surface area (Å²) < 4.78 is 38.6. The van der Waals surface area contributed by atoms with Gasteiger partial charge in [-0.2, -0.15) is 0 Å². The second kappa shape index (κ2) is 7.70. The number of hydrogen-bond acceptors (Lipinski definition) is 6. The van der Waals surface area contributed by atoms with Gasteiger partial charge in [0.1, 0.15) is 5.75 Å². The molecule has 7 nitrogen and oxygen atoms in total. The van der Waals surface area contributed by atoms with E-state index in [1.807, 2.05) is 18.2 Å². The molecule has 1 amide bonds. The number of benzene rings is 3. The lowest BCUT2D eigenvalue weighted by atomic mass is 9.92. The Morgan fingerprint density at radius 2 is 1.68 bits per heavy atom. The Morgan fingerprint density at radius 3 is 2.35 bits per heavy atom. The van der Waals surface area contributed by atoms with Crippen LogP contribution >= 0.6 is 0 Å². The molecular formula is C23H21NO6S. The minimum atomic E-state index is -4.12. The van der Waals surface area contributed by atoms with Crippen molar-refractivity contribution >= 4 is 32.7 Å². The molecule has 0 saturated heterocycles. The first-order chi connectivity index (χ1) is 14.8. The van der Waals surface area contributed by atoms with E-state index in [2.05, 4.69) is 4.72 Å². The van der Waals surface area contributed by atoms with Gasteiger partial charge in [0.15, 0.2) is 0 Å². The van der Waals surface area contributed by atoms with Crippen LogP contribution in [-0.2, 0) is 25.0 Å². The largest absolute Gasteiger partial charge is 0.496 e. The molecule has 1 aliphatic rings. The highest BCUT2D eigenvalue weighted by Crippen LogP contribution is 2.52. The Kier molecular flexibility index (Phi) is 5.18. The molecule has 0 unspecified atom stereocenters. The molecule has 3 aromatic rings. The Morgan fingerprint density at radius 1 is 0.968 bits per heavy atom. The molecule has 0 heterocycles. The lowest BCUT2D eigenvalue weighted by Gasteiger charge is -2.19. The summed E-state index contributed by atoms with van der Waals surface area (Å²) >= 11 is 0.